The number of anilines is 2. The second-order valence-electron chi connectivity index (χ2n) is 4.85. The molecule has 0 saturated carbocycles. The third kappa shape index (κ3) is 4.27. The molecule has 2 rings (SSSR count). The Balaban J connectivity index is 2.35. The first-order chi connectivity index (χ1) is 10.8. The van der Waals surface area contributed by atoms with Gasteiger partial charge in [0.25, 0.3) is 0 Å². The van der Waals surface area contributed by atoms with Crippen LogP contribution in [0, 0.1) is 0 Å². The van der Waals surface area contributed by atoms with Crippen molar-refractivity contribution in [2.75, 3.05) is 36.5 Å². The fraction of sp³-hybridized carbons (Fsp3) is 0.429. The van der Waals surface area contributed by atoms with Gasteiger partial charge in [0.1, 0.15) is 0 Å². The maximum Gasteiger partial charge on any atom is 0.416 e. The van der Waals surface area contributed by atoms with Crippen LogP contribution in [0.1, 0.15) is 12.5 Å². The van der Waals surface area contributed by atoms with Crippen molar-refractivity contribution < 1.29 is 27.5 Å². The largest absolute Gasteiger partial charge is 0.450 e. The Morgan fingerprint density at radius 1 is 1.43 bits per heavy atom. The number of rotatable bonds is 3. The highest BCUT2D eigenvalue weighted by Crippen LogP contribution is 2.35. The lowest BCUT2D eigenvalue weighted by atomic mass is 10.1. The predicted molar refractivity (Wildman–Crippen MR) is 77.3 cm³/mol. The van der Waals surface area contributed by atoms with Crippen LogP contribution in [0.15, 0.2) is 18.2 Å². The molecule has 0 aromatic heterocycles. The van der Waals surface area contributed by atoms with E-state index in [0.29, 0.717) is 18.8 Å². The summed E-state index contributed by atoms with van der Waals surface area (Å²) in [5.41, 5.74) is -0.608. The minimum absolute atomic E-state index is 0.00285. The summed E-state index contributed by atoms with van der Waals surface area (Å²) < 4.78 is 43.3. The molecule has 0 radical (unpaired) electrons. The van der Waals surface area contributed by atoms with Gasteiger partial charge in [0.05, 0.1) is 30.1 Å². The van der Waals surface area contributed by atoms with Gasteiger partial charge in [-0.25, -0.2) is 4.79 Å². The summed E-state index contributed by atoms with van der Waals surface area (Å²) in [5.74, 6) is -0.238. The second kappa shape index (κ2) is 6.76. The Kier molecular flexibility index (Phi) is 4.97. The summed E-state index contributed by atoms with van der Waals surface area (Å²) in [6, 6.07) is 2.99. The van der Waals surface area contributed by atoms with E-state index in [0.717, 1.165) is 12.1 Å². The first kappa shape index (κ1) is 16.9. The van der Waals surface area contributed by atoms with Crippen LogP contribution in [0.25, 0.3) is 0 Å². The number of hydrogen-bond donors (Lipinski definition) is 2. The van der Waals surface area contributed by atoms with Crippen LogP contribution in [0.5, 0.6) is 0 Å². The average Bonchev–Trinajstić information content (AvgIpc) is 2.46. The van der Waals surface area contributed by atoms with Gasteiger partial charge >= 0.3 is 12.3 Å². The Morgan fingerprint density at radius 3 is 2.78 bits per heavy atom. The number of amides is 2. The molecule has 1 aliphatic rings. The quantitative estimate of drug-likeness (QED) is 0.891. The van der Waals surface area contributed by atoms with Crippen LogP contribution in [-0.4, -0.2) is 38.2 Å². The number of benzene rings is 1. The fourth-order valence-corrected chi connectivity index (χ4v) is 2.21. The zero-order chi connectivity index (χ0) is 17.0. The van der Waals surface area contributed by atoms with E-state index in [9.17, 15) is 22.8 Å². The van der Waals surface area contributed by atoms with Crippen molar-refractivity contribution in [2.45, 2.75) is 13.1 Å². The third-order valence-corrected chi connectivity index (χ3v) is 3.22. The highest BCUT2D eigenvalue weighted by molar-refractivity contribution is 5.92. The van der Waals surface area contributed by atoms with Crippen LogP contribution in [0.2, 0.25) is 0 Å². The number of hydrogen-bond acceptors (Lipinski definition) is 4. The van der Waals surface area contributed by atoms with Crippen LogP contribution in [0.3, 0.4) is 0 Å². The maximum atomic E-state index is 12.9. The van der Waals surface area contributed by atoms with E-state index in [4.69, 9.17) is 4.74 Å². The van der Waals surface area contributed by atoms with Gasteiger partial charge in [-0.05, 0) is 25.1 Å². The van der Waals surface area contributed by atoms with E-state index in [-0.39, 0.29) is 24.7 Å². The molecular weight excluding hydrogens is 315 g/mol. The zero-order valence-corrected chi connectivity index (χ0v) is 12.4. The summed E-state index contributed by atoms with van der Waals surface area (Å²) in [4.78, 5) is 24.6. The Labute approximate surface area is 130 Å². The SMILES string of the molecule is CCOC(=O)Nc1cc(C(F)(F)F)ccc1N1CCNC(=O)C1. The lowest BCUT2D eigenvalue weighted by Crippen LogP contribution is -2.48. The topological polar surface area (TPSA) is 70.7 Å². The van der Waals surface area contributed by atoms with Crippen molar-refractivity contribution >= 4 is 23.4 Å². The molecule has 0 aliphatic carbocycles. The van der Waals surface area contributed by atoms with Gasteiger partial charge in [-0.1, -0.05) is 0 Å². The van der Waals surface area contributed by atoms with Gasteiger partial charge in [0.15, 0.2) is 0 Å². The molecule has 1 fully saturated rings. The molecule has 0 bridgehead atoms. The molecule has 1 saturated heterocycles. The molecule has 1 aliphatic heterocycles. The number of ether oxygens (including phenoxy) is 1. The Bertz CT molecular complexity index is 605. The van der Waals surface area contributed by atoms with Crippen LogP contribution in [0.4, 0.5) is 29.3 Å². The summed E-state index contributed by atoms with van der Waals surface area (Å²) in [6.07, 6.45) is -5.39. The van der Waals surface area contributed by atoms with Crippen molar-refractivity contribution in [3.63, 3.8) is 0 Å². The molecule has 1 aromatic rings. The summed E-state index contributed by atoms with van der Waals surface area (Å²) in [6.45, 7) is 2.48. The number of carbonyl (C=O) groups excluding carboxylic acids is 2. The summed E-state index contributed by atoms with van der Waals surface area (Å²) in [7, 11) is 0. The van der Waals surface area contributed by atoms with E-state index in [1.165, 1.54) is 6.07 Å². The van der Waals surface area contributed by atoms with Crippen LogP contribution >= 0.6 is 0 Å². The Hall–Kier alpha value is -2.45. The number of carbonyl (C=O) groups is 2. The molecule has 0 unspecified atom stereocenters. The zero-order valence-electron chi connectivity index (χ0n) is 12.4. The monoisotopic (exact) mass is 331 g/mol. The van der Waals surface area contributed by atoms with Crippen molar-refractivity contribution in [2.24, 2.45) is 0 Å². The summed E-state index contributed by atoms with van der Waals surface area (Å²) in [5, 5.41) is 4.93. The van der Waals surface area contributed by atoms with Gasteiger partial charge in [-0.15, -0.1) is 0 Å². The molecule has 2 amide bonds. The molecule has 126 valence electrons. The number of nitrogens with one attached hydrogen (secondary N) is 2. The first-order valence-electron chi connectivity index (χ1n) is 6.98. The van der Waals surface area contributed by atoms with E-state index < -0.39 is 17.8 Å². The fourth-order valence-electron chi connectivity index (χ4n) is 2.21. The van der Waals surface area contributed by atoms with Gasteiger partial charge in [0, 0.05) is 13.1 Å². The molecule has 0 atom stereocenters. The lowest BCUT2D eigenvalue weighted by molar-refractivity contribution is -0.137. The van der Waals surface area contributed by atoms with E-state index in [1.54, 1.807) is 11.8 Å². The Morgan fingerprint density at radius 2 is 2.17 bits per heavy atom. The van der Waals surface area contributed by atoms with Crippen molar-refractivity contribution in [3.8, 4) is 0 Å². The van der Waals surface area contributed by atoms with Crippen LogP contribution < -0.4 is 15.5 Å². The number of piperazine rings is 1. The standard InChI is InChI=1S/C14H16F3N3O3/c1-2-23-13(22)19-10-7-9(14(15,16)17)3-4-11(10)20-6-5-18-12(21)8-20/h3-4,7H,2,5-6,8H2,1H3,(H,18,21)(H,19,22). The molecule has 9 heteroatoms. The number of nitrogens with zero attached hydrogens (tertiary/aromatic N) is 1. The van der Waals surface area contributed by atoms with Crippen LogP contribution in [-0.2, 0) is 15.7 Å². The normalized spacial score (nSPS) is 15.1. The molecule has 1 aromatic carbocycles. The van der Waals surface area contributed by atoms with Gasteiger partial charge in [-0.3, -0.25) is 10.1 Å². The smallest absolute Gasteiger partial charge is 0.416 e. The predicted octanol–water partition coefficient (Wildman–Crippen LogP) is 2.21. The minimum atomic E-state index is -4.54. The van der Waals surface area contributed by atoms with Crippen molar-refractivity contribution in [1.82, 2.24) is 5.32 Å². The summed E-state index contributed by atoms with van der Waals surface area (Å²) >= 11 is 0. The number of alkyl halides is 3. The van der Waals surface area contributed by atoms with Crippen molar-refractivity contribution in [1.29, 1.82) is 0 Å². The highest BCUT2D eigenvalue weighted by Gasteiger charge is 2.32. The highest BCUT2D eigenvalue weighted by atomic mass is 19.4. The van der Waals surface area contributed by atoms with Gasteiger partial charge in [-0.2, -0.15) is 13.2 Å². The third-order valence-electron chi connectivity index (χ3n) is 3.22. The molecule has 2 N–H and O–H groups in total. The molecular formula is C14H16F3N3O3. The van der Waals surface area contributed by atoms with Gasteiger partial charge < -0.3 is 15.0 Å². The average molecular weight is 331 g/mol. The lowest BCUT2D eigenvalue weighted by Gasteiger charge is -2.30. The number of halogens is 3. The van der Waals surface area contributed by atoms with Gasteiger partial charge in [0.2, 0.25) is 5.91 Å². The molecule has 0 spiro atoms. The molecule has 1 heterocycles. The first-order valence-corrected chi connectivity index (χ1v) is 6.98. The molecule has 6 nitrogen and oxygen atoms in total. The van der Waals surface area contributed by atoms with Crippen molar-refractivity contribution in [3.05, 3.63) is 23.8 Å². The van der Waals surface area contributed by atoms with E-state index in [1.807, 2.05) is 0 Å². The molecule has 23 heavy (non-hydrogen) atoms. The second-order valence-corrected chi connectivity index (χ2v) is 4.85. The maximum absolute atomic E-state index is 12.9. The van der Waals surface area contributed by atoms with E-state index in [2.05, 4.69) is 10.6 Å². The van der Waals surface area contributed by atoms with E-state index >= 15 is 0 Å². The minimum Gasteiger partial charge on any atom is -0.450 e.